The van der Waals surface area contributed by atoms with Crippen molar-refractivity contribution in [2.75, 3.05) is 13.6 Å². The molecule has 0 aliphatic carbocycles. The normalized spacial score (nSPS) is 9.88. The number of rotatable bonds is 7. The third-order valence-electron chi connectivity index (χ3n) is 1.96. The molecule has 0 rings (SSSR count). The van der Waals surface area contributed by atoms with Crippen LogP contribution in [0.5, 0.6) is 0 Å². The Morgan fingerprint density at radius 3 is 2.44 bits per heavy atom. The molecule has 0 saturated heterocycles. The molecule has 0 unspecified atom stereocenters. The summed E-state index contributed by atoms with van der Waals surface area (Å²) >= 11 is 0. The molecular formula is C11H18NNaO3. The molecule has 0 radical (unpaired) electrons. The average Bonchev–Trinajstić information content (AvgIpc) is 2.16. The van der Waals surface area contributed by atoms with E-state index in [0.717, 1.165) is 19.3 Å². The van der Waals surface area contributed by atoms with Gasteiger partial charge in [-0.1, -0.05) is 19.1 Å². The maximum Gasteiger partial charge on any atom is 1.00 e. The second-order valence-corrected chi connectivity index (χ2v) is 3.39. The van der Waals surface area contributed by atoms with Crippen LogP contribution >= 0.6 is 0 Å². The summed E-state index contributed by atoms with van der Waals surface area (Å²) < 4.78 is 0. The van der Waals surface area contributed by atoms with E-state index in [-0.39, 0.29) is 42.0 Å². The van der Waals surface area contributed by atoms with Crippen molar-refractivity contribution in [3.63, 3.8) is 0 Å². The Labute approximate surface area is 119 Å². The molecule has 0 spiro atoms. The molecule has 0 fully saturated rings. The summed E-state index contributed by atoms with van der Waals surface area (Å²) in [7, 11) is 1.47. The number of nitrogens with zero attached hydrogens (tertiary/aromatic N) is 1. The minimum atomic E-state index is -1.23. The Bertz CT molecular complexity index is 241. The van der Waals surface area contributed by atoms with Crippen LogP contribution in [0.1, 0.15) is 32.6 Å². The average molecular weight is 235 g/mol. The maximum atomic E-state index is 11.3. The predicted octanol–water partition coefficient (Wildman–Crippen LogP) is -2.66. The van der Waals surface area contributed by atoms with Gasteiger partial charge < -0.3 is 14.8 Å². The first-order chi connectivity index (χ1) is 7.07. The van der Waals surface area contributed by atoms with Crippen LogP contribution in [0.15, 0.2) is 12.2 Å². The summed E-state index contributed by atoms with van der Waals surface area (Å²) in [5, 5.41) is 10.2. The number of carboxylic acids is 1. The molecular weight excluding hydrogens is 217 g/mol. The van der Waals surface area contributed by atoms with E-state index in [9.17, 15) is 14.7 Å². The maximum absolute atomic E-state index is 11.3. The molecule has 4 nitrogen and oxygen atoms in total. The molecule has 0 aromatic carbocycles. The number of hydrogen-bond donors (Lipinski definition) is 0. The van der Waals surface area contributed by atoms with Gasteiger partial charge in [0.2, 0.25) is 5.91 Å². The molecule has 0 aromatic rings. The van der Waals surface area contributed by atoms with Crippen molar-refractivity contribution in [2.45, 2.75) is 32.6 Å². The standard InChI is InChI=1S/C11H19NO3.Na/c1-3-4-5-6-7-8-10(13)12(2)9-11(14)15;/h4-5H,3,6-9H2,1-2H3,(H,14,15);/q;+1/p-1/b5-4+;. The van der Waals surface area contributed by atoms with E-state index in [1.54, 1.807) is 0 Å². The van der Waals surface area contributed by atoms with Gasteiger partial charge in [-0.2, -0.15) is 0 Å². The van der Waals surface area contributed by atoms with E-state index in [0.29, 0.717) is 6.42 Å². The van der Waals surface area contributed by atoms with Crippen LogP contribution in [0.25, 0.3) is 0 Å². The largest absolute Gasteiger partial charge is 1.00 e. The zero-order chi connectivity index (χ0) is 11.7. The van der Waals surface area contributed by atoms with E-state index in [2.05, 4.69) is 13.0 Å². The fourth-order valence-electron chi connectivity index (χ4n) is 1.13. The molecule has 0 aliphatic heterocycles. The van der Waals surface area contributed by atoms with Gasteiger partial charge in [0.15, 0.2) is 0 Å². The number of carboxylic acid groups (broad SMARTS) is 1. The number of aliphatic carboxylic acids is 1. The first-order valence-electron chi connectivity index (χ1n) is 5.16. The Hall–Kier alpha value is -0.320. The minimum Gasteiger partial charge on any atom is -0.548 e. The number of amides is 1. The SMILES string of the molecule is CC/C=C/CCCC(=O)N(C)CC(=O)[O-].[Na+]. The number of carbonyl (C=O) groups excluding carboxylic acids is 2. The van der Waals surface area contributed by atoms with E-state index in [4.69, 9.17) is 0 Å². The van der Waals surface area contributed by atoms with Gasteiger partial charge in [-0.3, -0.25) is 4.79 Å². The van der Waals surface area contributed by atoms with Crippen LogP contribution < -0.4 is 34.7 Å². The van der Waals surface area contributed by atoms with Gasteiger partial charge in [0.25, 0.3) is 0 Å². The summed E-state index contributed by atoms with van der Waals surface area (Å²) in [5.74, 6) is -1.37. The number of unbranched alkanes of at least 4 members (excludes halogenated alkanes) is 1. The zero-order valence-corrected chi connectivity index (χ0v) is 12.4. The summed E-state index contributed by atoms with van der Waals surface area (Å²) in [5.41, 5.74) is 0. The molecule has 0 aliphatic rings. The third kappa shape index (κ3) is 10.2. The fraction of sp³-hybridized carbons (Fsp3) is 0.636. The van der Waals surface area contributed by atoms with E-state index < -0.39 is 5.97 Å². The summed E-state index contributed by atoms with van der Waals surface area (Å²) in [4.78, 5) is 22.7. The predicted molar refractivity (Wildman–Crippen MR) is 55.9 cm³/mol. The second-order valence-electron chi connectivity index (χ2n) is 3.39. The van der Waals surface area contributed by atoms with Gasteiger partial charge in [0.1, 0.15) is 0 Å². The van der Waals surface area contributed by atoms with Gasteiger partial charge in [-0.15, -0.1) is 0 Å². The molecule has 0 bridgehead atoms. The van der Waals surface area contributed by atoms with Crippen LogP contribution in [0, 0.1) is 0 Å². The molecule has 0 atom stereocenters. The van der Waals surface area contributed by atoms with Crippen LogP contribution in [0.4, 0.5) is 0 Å². The summed E-state index contributed by atoms with van der Waals surface area (Å²) in [6, 6.07) is 0. The topological polar surface area (TPSA) is 60.4 Å². The molecule has 0 saturated carbocycles. The molecule has 5 heteroatoms. The van der Waals surface area contributed by atoms with Gasteiger partial charge in [-0.05, 0) is 19.3 Å². The van der Waals surface area contributed by atoms with Crippen molar-refractivity contribution in [1.82, 2.24) is 4.90 Å². The smallest absolute Gasteiger partial charge is 0.548 e. The Morgan fingerprint density at radius 1 is 1.31 bits per heavy atom. The third-order valence-corrected chi connectivity index (χ3v) is 1.96. The molecule has 16 heavy (non-hydrogen) atoms. The number of hydrogen-bond acceptors (Lipinski definition) is 3. The minimum absolute atomic E-state index is 0. The van der Waals surface area contributed by atoms with Crippen LogP contribution in [0.3, 0.4) is 0 Å². The number of likely N-dealkylation sites (N-methyl/N-ethyl adjacent to an activating group) is 1. The fourth-order valence-corrected chi connectivity index (χ4v) is 1.13. The van der Waals surface area contributed by atoms with Crippen molar-refractivity contribution < 1.29 is 44.3 Å². The summed E-state index contributed by atoms with van der Waals surface area (Å²) in [6.45, 7) is 1.72. The Kier molecular flexibility index (Phi) is 12.6. The van der Waals surface area contributed by atoms with Crippen LogP contribution in [-0.2, 0) is 9.59 Å². The molecule has 0 aromatic heterocycles. The second kappa shape index (κ2) is 11.2. The van der Waals surface area contributed by atoms with Gasteiger partial charge in [0, 0.05) is 13.5 Å². The van der Waals surface area contributed by atoms with Crippen molar-refractivity contribution in [1.29, 1.82) is 0 Å². The van der Waals surface area contributed by atoms with Crippen molar-refractivity contribution in [3.8, 4) is 0 Å². The zero-order valence-electron chi connectivity index (χ0n) is 10.4. The van der Waals surface area contributed by atoms with Gasteiger partial charge in [0.05, 0.1) is 12.5 Å². The van der Waals surface area contributed by atoms with Crippen molar-refractivity contribution in [3.05, 3.63) is 12.2 Å². The van der Waals surface area contributed by atoms with Crippen molar-refractivity contribution >= 4 is 11.9 Å². The van der Waals surface area contributed by atoms with Gasteiger partial charge in [-0.25, -0.2) is 0 Å². The van der Waals surface area contributed by atoms with E-state index >= 15 is 0 Å². The van der Waals surface area contributed by atoms with E-state index in [1.807, 2.05) is 6.08 Å². The molecule has 0 heterocycles. The van der Waals surface area contributed by atoms with E-state index in [1.165, 1.54) is 11.9 Å². The monoisotopic (exact) mass is 235 g/mol. The number of allylic oxidation sites excluding steroid dienone is 2. The van der Waals surface area contributed by atoms with Crippen molar-refractivity contribution in [2.24, 2.45) is 0 Å². The van der Waals surface area contributed by atoms with Crippen LogP contribution in [-0.4, -0.2) is 30.4 Å². The molecule has 0 N–H and O–H groups in total. The molecule has 86 valence electrons. The quantitative estimate of drug-likeness (QED) is 0.275. The molecule has 1 amide bonds. The Morgan fingerprint density at radius 2 is 1.94 bits per heavy atom. The Balaban J connectivity index is 0. The first-order valence-corrected chi connectivity index (χ1v) is 5.16. The van der Waals surface area contributed by atoms with Crippen LogP contribution in [0.2, 0.25) is 0 Å². The number of carbonyl (C=O) groups is 2. The summed E-state index contributed by atoms with van der Waals surface area (Å²) in [6.07, 6.45) is 7.09. The van der Waals surface area contributed by atoms with Gasteiger partial charge >= 0.3 is 29.6 Å². The first kappa shape index (κ1) is 18.1.